The smallest absolute Gasteiger partial charge is 0.243 e. The fourth-order valence-electron chi connectivity index (χ4n) is 12.8. The third kappa shape index (κ3) is 20.6. The van der Waals surface area contributed by atoms with Gasteiger partial charge in [-0.15, -0.1) is 0 Å². The van der Waals surface area contributed by atoms with Gasteiger partial charge in [0.1, 0.15) is 41.2 Å². The number of aliphatic hydroxyl groups excluding tert-OH is 1. The highest BCUT2D eigenvalue weighted by atomic mass is 16.3. The topological polar surface area (TPSA) is 440 Å². The number of rotatable bonds is 38. The number of aromatic nitrogens is 4. The maximum Gasteiger partial charge on any atom is 0.243 e. The van der Waals surface area contributed by atoms with E-state index in [2.05, 4.69) is 51.8 Å². The average Bonchev–Trinajstić information content (AvgIpc) is 1.62. The number of primary amides is 1. The van der Waals surface area contributed by atoms with Crippen LogP contribution in [0.25, 0.3) is 21.8 Å². The molecule has 2 aliphatic rings. The number of aliphatic hydroxyl groups is 1. The summed E-state index contributed by atoms with van der Waals surface area (Å²) in [4.78, 5) is 169. The minimum absolute atomic E-state index is 0.0118. The normalized spacial score (nSPS) is 17.0. The molecule has 9 atom stereocenters. The lowest BCUT2D eigenvalue weighted by molar-refractivity contribution is -0.136. The van der Waals surface area contributed by atoms with Gasteiger partial charge in [0.05, 0.1) is 38.1 Å². The van der Waals surface area contributed by atoms with E-state index in [0.717, 1.165) is 21.8 Å². The summed E-state index contributed by atoms with van der Waals surface area (Å²) in [6, 6.07) is 14.3. The fraction of sp³-hybridized carbons (Fsp3) is 0.464. The molecule has 0 bridgehead atoms. The van der Waals surface area contributed by atoms with Gasteiger partial charge in [0.2, 0.25) is 35.4 Å². The number of benzene rings is 3. The standard InChI is InChI=1S/C69H88N14O13/c1-39(2)23-55(66(94)79-54(13-7-21-74-69(71)72)62(90)36-83-22-8-14-58(83)68(96)77-35-63(70)91)81-67(95)56(28-46-33-76-53-12-6-4-10-51(46)53)80-64(92)43(24-40-15-18-48(85)19-16-40)31-61(89)57(37-84)82-65(93)44(25-45-32-75-52-11-5-3-9-50(45)52)30-60(88)42(26-47-34-73-38-78-47)29-59(87)41-17-20-49(86)27-41/h3-6,9-12,15-16,18-19,32-34,38-39,41-44,54-58,75-76,84-85H,7-8,13-14,17,20-31,35-37H2,1-2H3,(H2,70,91)(H,73,78)(H,77,96)(H,79,94)(H,80,92)(H,81,95)(H,82,93)(H4,71,72,74). The number of nitrogens with two attached hydrogens (primary N) is 2. The summed E-state index contributed by atoms with van der Waals surface area (Å²) in [5, 5.41) is 46.8. The molecule has 2 fully saturated rings. The van der Waals surface area contributed by atoms with Crippen LogP contribution >= 0.6 is 0 Å². The summed E-state index contributed by atoms with van der Waals surface area (Å²) in [6.07, 6.45) is 7.09. The Bertz CT molecular complexity index is 3750. The lowest BCUT2D eigenvalue weighted by atomic mass is 9.83. The van der Waals surface area contributed by atoms with Crippen LogP contribution in [0.3, 0.4) is 0 Å². The predicted octanol–water partition coefficient (Wildman–Crippen LogP) is 2.32. The van der Waals surface area contributed by atoms with E-state index < -0.39 is 126 Å². The Labute approximate surface area is 555 Å². The molecule has 1 saturated heterocycles. The van der Waals surface area contributed by atoms with Crippen molar-refractivity contribution < 1.29 is 63.0 Å². The molecule has 27 nitrogen and oxygen atoms in total. The summed E-state index contributed by atoms with van der Waals surface area (Å²) in [6.45, 7) is 2.63. The fourth-order valence-corrected chi connectivity index (χ4v) is 12.8. The van der Waals surface area contributed by atoms with E-state index in [1.54, 1.807) is 35.5 Å². The highest BCUT2D eigenvalue weighted by Gasteiger charge is 2.39. The number of phenols is 1. The summed E-state index contributed by atoms with van der Waals surface area (Å²) < 4.78 is 0. The van der Waals surface area contributed by atoms with Gasteiger partial charge in [-0.05, 0) is 111 Å². The van der Waals surface area contributed by atoms with E-state index in [0.29, 0.717) is 48.2 Å². The highest BCUT2D eigenvalue weighted by molar-refractivity contribution is 5.99. The molecule has 3 aromatic heterocycles. The van der Waals surface area contributed by atoms with Crippen LogP contribution in [0, 0.1) is 35.0 Å². The lowest BCUT2D eigenvalue weighted by Crippen LogP contribution is -2.58. The summed E-state index contributed by atoms with van der Waals surface area (Å²) in [5.41, 5.74) is 14.6. The van der Waals surface area contributed by atoms with Crippen LogP contribution in [-0.4, -0.2) is 168 Å². The molecule has 512 valence electrons. The first kappa shape index (κ1) is 71.9. The number of aromatic amines is 3. The average molecular weight is 1320 g/mol. The van der Waals surface area contributed by atoms with E-state index in [4.69, 9.17) is 16.9 Å². The molecule has 3 aromatic carbocycles. The molecule has 1 aliphatic heterocycles. The second-order valence-corrected chi connectivity index (χ2v) is 25.7. The number of Topliss-reactive ketones (excluding diaryl/α,β-unsaturated/α-hetero) is 5. The zero-order valence-corrected chi connectivity index (χ0v) is 54.1. The van der Waals surface area contributed by atoms with Gasteiger partial charge >= 0.3 is 0 Å². The van der Waals surface area contributed by atoms with Crippen molar-refractivity contribution in [2.24, 2.45) is 41.1 Å². The summed E-state index contributed by atoms with van der Waals surface area (Å²) in [5.74, 6) is -10.8. The number of nitrogens with zero attached hydrogens (tertiary/aromatic N) is 2. The number of hydrogen-bond acceptors (Lipinski definition) is 16. The van der Waals surface area contributed by atoms with Crippen LogP contribution in [0.1, 0.15) is 107 Å². The number of guanidine groups is 1. The van der Waals surface area contributed by atoms with Crippen LogP contribution in [0.4, 0.5) is 0 Å². The second-order valence-electron chi connectivity index (χ2n) is 25.7. The number of amides is 6. The molecule has 0 spiro atoms. The maximum absolute atomic E-state index is 15.2. The van der Waals surface area contributed by atoms with Gasteiger partial charge in [-0.2, -0.15) is 0 Å². The Balaban J connectivity index is 1.04. The number of ketones is 5. The van der Waals surface area contributed by atoms with Crippen molar-refractivity contribution in [1.82, 2.24) is 56.7 Å². The SMILES string of the molecule is CC(C)CC(NC(=O)C(Cc1c[nH]c2ccccc12)NC(=O)C(CC(=O)C(CO)NC(=O)C(CC(=O)C(CC(=O)C1CCC(=O)C1)Cc1cnc[nH]1)Cc1c[nH]c2ccccc12)Cc1ccc(O)cc1)C(=O)NC(CCCNC(=N)N)C(=O)CN1CCCC1C(=O)NCC(N)=O. The number of para-hydroxylation sites is 2. The predicted molar refractivity (Wildman–Crippen MR) is 355 cm³/mol. The molecule has 6 amide bonds. The summed E-state index contributed by atoms with van der Waals surface area (Å²) >= 11 is 0. The monoisotopic (exact) mass is 1320 g/mol. The molecule has 96 heavy (non-hydrogen) atoms. The molecule has 6 aromatic rings. The van der Waals surface area contributed by atoms with Gasteiger partial charge < -0.3 is 68.5 Å². The zero-order chi connectivity index (χ0) is 69.0. The number of imidazole rings is 1. The van der Waals surface area contributed by atoms with Gasteiger partial charge in [-0.3, -0.25) is 63.0 Å². The van der Waals surface area contributed by atoms with Gasteiger partial charge in [0.25, 0.3) is 0 Å². The Kier molecular flexibility index (Phi) is 25.9. The maximum atomic E-state index is 15.2. The molecule has 8 rings (SSSR count). The van der Waals surface area contributed by atoms with Gasteiger partial charge in [-0.25, -0.2) is 4.98 Å². The third-order valence-corrected chi connectivity index (χ3v) is 17.9. The van der Waals surface area contributed by atoms with Crippen molar-refractivity contribution in [2.75, 3.05) is 32.8 Å². The first-order valence-corrected chi connectivity index (χ1v) is 32.7. The highest BCUT2D eigenvalue weighted by Crippen LogP contribution is 2.30. The Morgan fingerprint density at radius 3 is 1.91 bits per heavy atom. The van der Waals surface area contributed by atoms with E-state index in [-0.39, 0.29) is 113 Å². The molecule has 16 N–H and O–H groups in total. The quantitative estimate of drug-likeness (QED) is 0.0150. The van der Waals surface area contributed by atoms with Crippen LogP contribution in [0.2, 0.25) is 0 Å². The minimum atomic E-state index is -1.62. The Hall–Kier alpha value is -9.89. The molecular weight excluding hydrogens is 1230 g/mol. The van der Waals surface area contributed by atoms with Gasteiger partial charge in [0.15, 0.2) is 17.5 Å². The van der Waals surface area contributed by atoms with Gasteiger partial charge in [-0.1, -0.05) is 62.4 Å². The molecule has 4 heterocycles. The lowest BCUT2D eigenvalue weighted by Gasteiger charge is -2.28. The van der Waals surface area contributed by atoms with Crippen molar-refractivity contribution in [2.45, 2.75) is 140 Å². The van der Waals surface area contributed by atoms with Crippen LogP contribution in [-0.2, 0) is 78.4 Å². The largest absolute Gasteiger partial charge is 0.508 e. The van der Waals surface area contributed by atoms with Crippen LogP contribution < -0.4 is 43.4 Å². The van der Waals surface area contributed by atoms with Crippen molar-refractivity contribution in [3.63, 3.8) is 0 Å². The first-order valence-electron chi connectivity index (χ1n) is 32.7. The number of phenolic OH excluding ortho intramolecular Hbond substituents is 1. The Morgan fingerprint density at radius 2 is 1.29 bits per heavy atom. The third-order valence-electron chi connectivity index (χ3n) is 17.9. The van der Waals surface area contributed by atoms with Crippen LogP contribution in [0.5, 0.6) is 5.75 Å². The van der Waals surface area contributed by atoms with E-state index in [9.17, 15) is 53.4 Å². The molecule has 0 radical (unpaired) electrons. The number of aromatic hydroxyl groups is 1. The van der Waals surface area contributed by atoms with E-state index in [1.807, 2.05) is 56.3 Å². The second kappa shape index (κ2) is 34.5. The van der Waals surface area contributed by atoms with E-state index in [1.165, 1.54) is 24.7 Å². The van der Waals surface area contributed by atoms with E-state index >= 15 is 9.59 Å². The first-order chi connectivity index (χ1) is 46.0. The van der Waals surface area contributed by atoms with Crippen molar-refractivity contribution in [3.05, 3.63) is 120 Å². The molecule has 1 saturated carbocycles. The zero-order valence-electron chi connectivity index (χ0n) is 54.1. The molecule has 27 heteroatoms. The molecular formula is C69H88N14O13. The minimum Gasteiger partial charge on any atom is -0.508 e. The number of H-pyrrole nitrogens is 3. The van der Waals surface area contributed by atoms with Crippen LogP contribution in [0.15, 0.2) is 97.7 Å². The number of carbonyl (C=O) groups is 11. The van der Waals surface area contributed by atoms with Crippen molar-refractivity contribution in [3.8, 4) is 5.75 Å². The van der Waals surface area contributed by atoms with Crippen molar-refractivity contribution >= 4 is 92.1 Å². The number of carbonyl (C=O) groups excluding carboxylic acids is 11. The number of fused-ring (bicyclic) bond motifs is 2. The molecule has 1 aliphatic carbocycles. The number of likely N-dealkylation sites (tertiary alicyclic amines) is 1. The number of nitrogens with one attached hydrogen (secondary N) is 10. The molecule has 9 unspecified atom stereocenters. The summed E-state index contributed by atoms with van der Waals surface area (Å²) in [7, 11) is 0. The van der Waals surface area contributed by atoms with Gasteiger partial charge in [0, 0.05) is 115 Å². The van der Waals surface area contributed by atoms with Crippen molar-refractivity contribution in [1.29, 1.82) is 5.41 Å². The number of hydrogen-bond donors (Lipinski definition) is 14. The Morgan fingerprint density at radius 1 is 0.677 bits per heavy atom.